The number of aryl methyl sites for hydroxylation is 1. The lowest BCUT2D eigenvalue weighted by molar-refractivity contribution is 0.244. The summed E-state index contributed by atoms with van der Waals surface area (Å²) in [5, 5.41) is 4.15. The average Bonchev–Trinajstić information content (AvgIpc) is 3.13. The molecule has 124 valence electrons. The van der Waals surface area contributed by atoms with Crippen LogP contribution in [0.2, 0.25) is 0 Å². The number of fused-ring (bicyclic) bond motifs is 1. The molecule has 4 heterocycles. The van der Waals surface area contributed by atoms with Gasteiger partial charge in [-0.1, -0.05) is 0 Å². The third-order valence-corrected chi connectivity index (χ3v) is 4.39. The Morgan fingerprint density at radius 1 is 1.00 bits per heavy atom. The summed E-state index contributed by atoms with van der Waals surface area (Å²) in [7, 11) is 0. The van der Waals surface area contributed by atoms with E-state index in [9.17, 15) is 0 Å². The predicted molar refractivity (Wildman–Crippen MR) is 90.7 cm³/mol. The van der Waals surface area contributed by atoms with Crippen LogP contribution < -0.4 is 4.90 Å². The number of aromatic nitrogens is 6. The molecule has 0 aliphatic carbocycles. The maximum Gasteiger partial charge on any atom is 0.158 e. The Labute approximate surface area is 140 Å². The fraction of sp³-hybridized carbons (Fsp3) is 0.438. The molecule has 1 aliphatic rings. The van der Waals surface area contributed by atoms with Crippen LogP contribution in [0.25, 0.3) is 11.0 Å². The van der Waals surface area contributed by atoms with Gasteiger partial charge in [0.15, 0.2) is 5.82 Å². The fourth-order valence-electron chi connectivity index (χ4n) is 3.03. The van der Waals surface area contributed by atoms with Gasteiger partial charge in [0.2, 0.25) is 0 Å². The minimum atomic E-state index is 0.872. The molecule has 1 fully saturated rings. The lowest BCUT2D eigenvalue weighted by atomic mass is 10.2. The molecular weight excluding hydrogens is 304 g/mol. The molecular formula is C16H20N8. The predicted octanol–water partition coefficient (Wildman–Crippen LogP) is 0.747. The minimum absolute atomic E-state index is 0.872. The van der Waals surface area contributed by atoms with Crippen LogP contribution in [-0.2, 0) is 6.54 Å². The summed E-state index contributed by atoms with van der Waals surface area (Å²) in [5.74, 6) is 0.944. The topological polar surface area (TPSA) is 75.9 Å². The highest BCUT2D eigenvalue weighted by molar-refractivity contribution is 5.85. The number of rotatable bonds is 4. The zero-order valence-corrected chi connectivity index (χ0v) is 13.7. The largest absolute Gasteiger partial charge is 0.352 e. The van der Waals surface area contributed by atoms with Crippen LogP contribution in [0.15, 0.2) is 31.1 Å². The van der Waals surface area contributed by atoms with Crippen molar-refractivity contribution in [1.82, 2.24) is 34.6 Å². The number of anilines is 1. The third-order valence-electron chi connectivity index (χ3n) is 4.39. The Morgan fingerprint density at radius 3 is 2.67 bits per heavy atom. The minimum Gasteiger partial charge on any atom is -0.352 e. The lowest BCUT2D eigenvalue weighted by Crippen LogP contribution is -2.47. The van der Waals surface area contributed by atoms with E-state index >= 15 is 0 Å². The summed E-state index contributed by atoms with van der Waals surface area (Å²) < 4.78 is 1.87. The van der Waals surface area contributed by atoms with Crippen molar-refractivity contribution in [2.75, 3.05) is 37.6 Å². The van der Waals surface area contributed by atoms with Crippen molar-refractivity contribution >= 4 is 16.9 Å². The first kappa shape index (κ1) is 14.9. The molecule has 0 bridgehead atoms. The summed E-state index contributed by atoms with van der Waals surface area (Å²) in [6.07, 6.45) is 4.97. The summed E-state index contributed by atoms with van der Waals surface area (Å²) in [5.41, 5.74) is 2.79. The smallest absolute Gasteiger partial charge is 0.158 e. The second-order valence-corrected chi connectivity index (χ2v) is 6.00. The molecule has 0 radical (unpaired) electrons. The number of hydrogen-bond acceptors (Lipinski definition) is 7. The number of nitrogens with zero attached hydrogens (tertiary/aromatic N) is 8. The summed E-state index contributed by atoms with van der Waals surface area (Å²) >= 11 is 0. The quantitative estimate of drug-likeness (QED) is 0.701. The van der Waals surface area contributed by atoms with Crippen molar-refractivity contribution in [3.8, 4) is 0 Å². The van der Waals surface area contributed by atoms with E-state index in [0.29, 0.717) is 0 Å². The molecule has 0 unspecified atom stereocenters. The van der Waals surface area contributed by atoms with E-state index in [1.165, 1.54) is 0 Å². The molecule has 0 spiro atoms. The maximum absolute atomic E-state index is 4.64. The zero-order valence-electron chi connectivity index (χ0n) is 13.7. The van der Waals surface area contributed by atoms with E-state index in [-0.39, 0.29) is 0 Å². The molecule has 0 aromatic carbocycles. The van der Waals surface area contributed by atoms with Crippen LogP contribution in [0.5, 0.6) is 0 Å². The average molecular weight is 324 g/mol. The van der Waals surface area contributed by atoms with Crippen LogP contribution in [0, 0.1) is 6.92 Å². The van der Waals surface area contributed by atoms with Gasteiger partial charge in [-0.3, -0.25) is 9.58 Å². The van der Waals surface area contributed by atoms with E-state index in [1.54, 1.807) is 19.0 Å². The van der Waals surface area contributed by atoms with Gasteiger partial charge in [0.25, 0.3) is 0 Å². The molecule has 0 atom stereocenters. The van der Waals surface area contributed by atoms with Crippen LogP contribution in [0.1, 0.15) is 5.69 Å². The Balaban J connectivity index is 1.43. The van der Waals surface area contributed by atoms with Crippen molar-refractivity contribution in [3.63, 3.8) is 0 Å². The molecule has 4 rings (SSSR count). The first-order valence-corrected chi connectivity index (χ1v) is 8.18. The Kier molecular flexibility index (Phi) is 4.04. The Hall–Kier alpha value is -2.61. The molecule has 1 aliphatic heterocycles. The van der Waals surface area contributed by atoms with Gasteiger partial charge in [0.1, 0.15) is 24.5 Å². The van der Waals surface area contributed by atoms with Crippen molar-refractivity contribution in [2.45, 2.75) is 13.5 Å². The van der Waals surface area contributed by atoms with E-state index in [2.05, 4.69) is 34.8 Å². The molecule has 8 nitrogen and oxygen atoms in total. The van der Waals surface area contributed by atoms with Crippen LogP contribution >= 0.6 is 0 Å². The first-order chi connectivity index (χ1) is 11.8. The third kappa shape index (κ3) is 3.05. The molecule has 24 heavy (non-hydrogen) atoms. The van der Waals surface area contributed by atoms with Gasteiger partial charge < -0.3 is 4.90 Å². The highest BCUT2D eigenvalue weighted by Gasteiger charge is 2.20. The monoisotopic (exact) mass is 324 g/mol. The molecule has 0 amide bonds. The standard InChI is InChI=1S/C16H20N8/c1-13-2-3-14-15(21-13)16(19-11-18-14)23-7-4-22(5-8-23)6-9-24-12-17-10-20-24/h2-3,10-12H,4-9H2,1H3. The van der Waals surface area contributed by atoms with Crippen molar-refractivity contribution in [3.05, 3.63) is 36.8 Å². The summed E-state index contributed by atoms with van der Waals surface area (Å²) in [6, 6.07) is 4.00. The molecule has 0 saturated carbocycles. The molecule has 3 aromatic heterocycles. The van der Waals surface area contributed by atoms with Gasteiger partial charge in [-0.05, 0) is 19.1 Å². The Bertz CT molecular complexity index is 808. The zero-order chi connectivity index (χ0) is 16.4. The summed E-state index contributed by atoms with van der Waals surface area (Å²) in [4.78, 5) is 22.2. The summed E-state index contributed by atoms with van der Waals surface area (Å²) in [6.45, 7) is 7.75. The second-order valence-electron chi connectivity index (χ2n) is 6.00. The highest BCUT2D eigenvalue weighted by Crippen LogP contribution is 2.22. The van der Waals surface area contributed by atoms with Gasteiger partial charge in [-0.25, -0.2) is 19.9 Å². The number of piperazine rings is 1. The van der Waals surface area contributed by atoms with Crippen molar-refractivity contribution in [2.24, 2.45) is 0 Å². The van der Waals surface area contributed by atoms with Crippen LogP contribution in [0.3, 0.4) is 0 Å². The Morgan fingerprint density at radius 2 is 1.88 bits per heavy atom. The normalized spacial score (nSPS) is 16.0. The van der Waals surface area contributed by atoms with Gasteiger partial charge in [-0.2, -0.15) is 5.10 Å². The van der Waals surface area contributed by atoms with Crippen molar-refractivity contribution < 1.29 is 0 Å². The molecule has 8 heteroatoms. The van der Waals surface area contributed by atoms with E-state index in [4.69, 9.17) is 0 Å². The fourth-order valence-corrected chi connectivity index (χ4v) is 3.03. The van der Waals surface area contributed by atoms with Crippen molar-refractivity contribution in [1.29, 1.82) is 0 Å². The van der Waals surface area contributed by atoms with Gasteiger partial charge >= 0.3 is 0 Å². The number of hydrogen-bond donors (Lipinski definition) is 0. The number of pyridine rings is 1. The highest BCUT2D eigenvalue weighted by atomic mass is 15.3. The van der Waals surface area contributed by atoms with E-state index in [0.717, 1.165) is 61.8 Å². The second kappa shape index (κ2) is 6.48. The maximum atomic E-state index is 4.64. The SMILES string of the molecule is Cc1ccc2ncnc(N3CCN(CCn4cncn4)CC3)c2n1. The van der Waals surface area contributed by atoms with Crippen LogP contribution in [0.4, 0.5) is 5.82 Å². The van der Waals surface area contributed by atoms with E-state index in [1.807, 2.05) is 23.7 Å². The lowest BCUT2D eigenvalue weighted by Gasteiger charge is -2.35. The molecule has 3 aromatic rings. The van der Waals surface area contributed by atoms with Gasteiger partial charge in [0.05, 0.1) is 12.1 Å². The first-order valence-electron chi connectivity index (χ1n) is 8.18. The van der Waals surface area contributed by atoms with E-state index < -0.39 is 0 Å². The van der Waals surface area contributed by atoms with Gasteiger partial charge in [0, 0.05) is 38.4 Å². The molecule has 1 saturated heterocycles. The molecule has 0 N–H and O–H groups in total. The van der Waals surface area contributed by atoms with Crippen LogP contribution in [-0.4, -0.2) is 67.3 Å². The van der Waals surface area contributed by atoms with Gasteiger partial charge in [-0.15, -0.1) is 0 Å².